The van der Waals surface area contributed by atoms with Gasteiger partial charge in [0.05, 0.1) is 0 Å². The summed E-state index contributed by atoms with van der Waals surface area (Å²) in [6, 6.07) is 8.24. The molecule has 0 saturated heterocycles. The van der Waals surface area contributed by atoms with E-state index in [-0.39, 0.29) is 0 Å². The van der Waals surface area contributed by atoms with Gasteiger partial charge in [0, 0.05) is 5.69 Å². The lowest BCUT2D eigenvalue weighted by Crippen LogP contribution is -2.09. The van der Waals surface area contributed by atoms with Gasteiger partial charge in [0.2, 0.25) is 0 Å². The summed E-state index contributed by atoms with van der Waals surface area (Å²) < 4.78 is 0. The van der Waals surface area contributed by atoms with Gasteiger partial charge in [0.15, 0.2) is 0 Å². The number of anilines is 1. The van der Waals surface area contributed by atoms with Crippen LogP contribution in [0.15, 0.2) is 42.0 Å². The fourth-order valence-electron chi connectivity index (χ4n) is 2.53. The van der Waals surface area contributed by atoms with Crippen LogP contribution in [0.25, 0.3) is 5.57 Å². The van der Waals surface area contributed by atoms with Gasteiger partial charge in [-0.1, -0.05) is 29.9 Å². The van der Waals surface area contributed by atoms with Crippen molar-refractivity contribution in [3.8, 4) is 0 Å². The van der Waals surface area contributed by atoms with E-state index >= 15 is 0 Å². The maximum atomic E-state index is 5.74. The molecule has 1 nitrogen and oxygen atoms in total. The van der Waals surface area contributed by atoms with Gasteiger partial charge in [-0.25, -0.2) is 0 Å². The van der Waals surface area contributed by atoms with Crippen LogP contribution in [0.3, 0.4) is 0 Å². The second-order valence-electron chi connectivity index (χ2n) is 5.17. The molecule has 0 heterocycles. The van der Waals surface area contributed by atoms with Crippen LogP contribution < -0.4 is 5.73 Å². The largest absolute Gasteiger partial charge is 0.399 e. The summed E-state index contributed by atoms with van der Waals surface area (Å²) in [7, 11) is 0. The molecule has 1 aliphatic rings. The number of benzene rings is 1. The maximum Gasteiger partial charge on any atom is 0.0314 e. The quantitative estimate of drug-likeness (QED) is 0.587. The van der Waals surface area contributed by atoms with Crippen molar-refractivity contribution >= 4 is 11.3 Å². The zero-order valence-corrected chi connectivity index (χ0v) is 10.8. The Morgan fingerprint density at radius 3 is 2.53 bits per heavy atom. The SMILES string of the molecule is C=C(C)[C@H]1CCC(C)=C(c2ccc(N)cc2)C1. The monoisotopic (exact) mass is 227 g/mol. The van der Waals surface area contributed by atoms with Crippen LogP contribution in [0.4, 0.5) is 5.69 Å². The molecule has 1 aromatic rings. The molecule has 1 aromatic carbocycles. The van der Waals surface area contributed by atoms with Crippen molar-refractivity contribution < 1.29 is 0 Å². The summed E-state index contributed by atoms with van der Waals surface area (Å²) in [5.74, 6) is 0.645. The van der Waals surface area contributed by atoms with E-state index in [2.05, 4.69) is 32.6 Å². The van der Waals surface area contributed by atoms with Crippen LogP contribution in [0, 0.1) is 5.92 Å². The third-order valence-electron chi connectivity index (χ3n) is 3.79. The Hall–Kier alpha value is -1.50. The van der Waals surface area contributed by atoms with Gasteiger partial charge in [-0.05, 0) is 62.3 Å². The highest BCUT2D eigenvalue weighted by Crippen LogP contribution is 2.38. The van der Waals surface area contributed by atoms with Crippen molar-refractivity contribution in [1.82, 2.24) is 0 Å². The van der Waals surface area contributed by atoms with Gasteiger partial charge in [-0.15, -0.1) is 0 Å². The van der Waals surface area contributed by atoms with Gasteiger partial charge < -0.3 is 5.73 Å². The molecule has 0 fully saturated rings. The van der Waals surface area contributed by atoms with Crippen molar-refractivity contribution in [1.29, 1.82) is 0 Å². The number of nitrogen functional groups attached to an aromatic ring is 1. The summed E-state index contributed by atoms with van der Waals surface area (Å²) in [6.45, 7) is 8.50. The Labute approximate surface area is 104 Å². The number of nitrogens with two attached hydrogens (primary N) is 1. The van der Waals surface area contributed by atoms with Crippen LogP contribution in [0.1, 0.15) is 38.7 Å². The van der Waals surface area contributed by atoms with Crippen molar-refractivity contribution in [2.45, 2.75) is 33.1 Å². The average molecular weight is 227 g/mol. The molecule has 0 amide bonds. The van der Waals surface area contributed by atoms with Crippen LogP contribution in [-0.2, 0) is 0 Å². The van der Waals surface area contributed by atoms with Crippen molar-refractivity contribution in [2.75, 3.05) is 5.73 Å². The smallest absolute Gasteiger partial charge is 0.0314 e. The molecule has 90 valence electrons. The lowest BCUT2D eigenvalue weighted by molar-refractivity contribution is 0.551. The topological polar surface area (TPSA) is 26.0 Å². The van der Waals surface area contributed by atoms with Gasteiger partial charge in [0.1, 0.15) is 0 Å². The van der Waals surface area contributed by atoms with Crippen LogP contribution in [-0.4, -0.2) is 0 Å². The standard InChI is InChI=1S/C16H21N/c1-11(2)14-5-4-12(3)16(10-14)13-6-8-15(17)9-7-13/h6-9,14H,1,4-5,10,17H2,2-3H3/t14-/m0/s1. The Bertz CT molecular complexity index is 451. The molecular formula is C16H21N. The highest BCUT2D eigenvalue weighted by molar-refractivity contribution is 5.70. The molecule has 0 spiro atoms. The summed E-state index contributed by atoms with van der Waals surface area (Å²) in [6.07, 6.45) is 3.57. The van der Waals surface area contributed by atoms with Crippen molar-refractivity contribution in [2.24, 2.45) is 5.92 Å². The minimum Gasteiger partial charge on any atom is -0.399 e. The van der Waals surface area contributed by atoms with E-state index in [1.807, 2.05) is 12.1 Å². The van der Waals surface area contributed by atoms with E-state index in [4.69, 9.17) is 5.73 Å². The third kappa shape index (κ3) is 2.60. The molecule has 1 aliphatic carbocycles. The first-order valence-electron chi connectivity index (χ1n) is 6.28. The minimum atomic E-state index is 0.645. The number of hydrogen-bond donors (Lipinski definition) is 1. The third-order valence-corrected chi connectivity index (χ3v) is 3.79. The molecule has 0 unspecified atom stereocenters. The fraction of sp³-hybridized carbons (Fsp3) is 0.375. The zero-order chi connectivity index (χ0) is 12.4. The normalized spacial score (nSPS) is 20.5. The molecular weight excluding hydrogens is 206 g/mol. The lowest BCUT2D eigenvalue weighted by Gasteiger charge is -2.26. The summed E-state index contributed by atoms with van der Waals surface area (Å²) >= 11 is 0. The van der Waals surface area contributed by atoms with Crippen molar-refractivity contribution in [3.05, 3.63) is 47.6 Å². The molecule has 17 heavy (non-hydrogen) atoms. The highest BCUT2D eigenvalue weighted by Gasteiger charge is 2.20. The fourth-order valence-corrected chi connectivity index (χ4v) is 2.53. The second-order valence-corrected chi connectivity index (χ2v) is 5.17. The molecule has 1 heteroatoms. The number of hydrogen-bond acceptors (Lipinski definition) is 1. The molecule has 0 radical (unpaired) electrons. The van der Waals surface area contributed by atoms with E-state index in [1.165, 1.54) is 35.1 Å². The van der Waals surface area contributed by atoms with Crippen LogP contribution in [0.5, 0.6) is 0 Å². The first kappa shape index (κ1) is 12.0. The molecule has 0 aliphatic heterocycles. The van der Waals surface area contributed by atoms with E-state index in [0.717, 1.165) is 12.1 Å². The zero-order valence-electron chi connectivity index (χ0n) is 10.8. The first-order chi connectivity index (χ1) is 8.08. The van der Waals surface area contributed by atoms with Crippen LogP contribution in [0.2, 0.25) is 0 Å². The molecule has 2 rings (SSSR count). The Morgan fingerprint density at radius 1 is 1.29 bits per heavy atom. The predicted octanol–water partition coefficient (Wildman–Crippen LogP) is 4.42. The van der Waals surface area contributed by atoms with Crippen LogP contribution >= 0.6 is 0 Å². The van der Waals surface area contributed by atoms with E-state index < -0.39 is 0 Å². The van der Waals surface area contributed by atoms with E-state index in [1.54, 1.807) is 0 Å². The number of allylic oxidation sites excluding steroid dienone is 3. The molecule has 1 atom stereocenters. The van der Waals surface area contributed by atoms with Gasteiger partial charge >= 0.3 is 0 Å². The summed E-state index contributed by atoms with van der Waals surface area (Å²) in [5, 5.41) is 0. The second kappa shape index (κ2) is 4.79. The number of rotatable bonds is 2. The van der Waals surface area contributed by atoms with Gasteiger partial charge in [0.25, 0.3) is 0 Å². The van der Waals surface area contributed by atoms with Gasteiger partial charge in [-0.2, -0.15) is 0 Å². The molecule has 0 bridgehead atoms. The predicted molar refractivity (Wildman–Crippen MR) is 75.6 cm³/mol. The Morgan fingerprint density at radius 2 is 1.94 bits per heavy atom. The van der Waals surface area contributed by atoms with Crippen molar-refractivity contribution in [3.63, 3.8) is 0 Å². The van der Waals surface area contributed by atoms with E-state index in [9.17, 15) is 0 Å². The Kier molecular flexibility index (Phi) is 3.37. The van der Waals surface area contributed by atoms with E-state index in [0.29, 0.717) is 5.92 Å². The molecule has 0 aromatic heterocycles. The first-order valence-corrected chi connectivity index (χ1v) is 6.28. The van der Waals surface area contributed by atoms with Gasteiger partial charge in [-0.3, -0.25) is 0 Å². The minimum absolute atomic E-state index is 0.645. The highest BCUT2D eigenvalue weighted by atomic mass is 14.5. The molecule has 2 N–H and O–H groups in total. The Balaban J connectivity index is 2.29. The maximum absolute atomic E-state index is 5.74. The average Bonchev–Trinajstić information content (AvgIpc) is 2.31. The molecule has 0 saturated carbocycles. The summed E-state index contributed by atoms with van der Waals surface area (Å²) in [4.78, 5) is 0. The lowest BCUT2D eigenvalue weighted by atomic mass is 9.79. The summed E-state index contributed by atoms with van der Waals surface area (Å²) in [5.41, 5.74) is 12.2.